The number of anilines is 4. The van der Waals surface area contributed by atoms with Crippen molar-refractivity contribution in [2.75, 3.05) is 32.7 Å². The molecule has 36 heavy (non-hydrogen) atoms. The quantitative estimate of drug-likeness (QED) is 0.453. The third-order valence-corrected chi connectivity index (χ3v) is 7.52. The van der Waals surface area contributed by atoms with Crippen LogP contribution in [0.15, 0.2) is 73.4 Å². The molecule has 0 bridgehead atoms. The van der Waals surface area contributed by atoms with Crippen LogP contribution in [-0.2, 0) is 0 Å². The van der Waals surface area contributed by atoms with Crippen molar-refractivity contribution in [1.29, 1.82) is 0 Å². The number of halogens is 2. The summed E-state index contributed by atoms with van der Waals surface area (Å²) in [5, 5.41) is 5.30. The van der Waals surface area contributed by atoms with Crippen LogP contribution >= 0.6 is 34.0 Å². The zero-order valence-corrected chi connectivity index (χ0v) is 23.8. The van der Waals surface area contributed by atoms with E-state index in [1.807, 2.05) is 0 Å². The lowest BCUT2D eigenvalue weighted by Gasteiger charge is -2.42. The van der Waals surface area contributed by atoms with Gasteiger partial charge in [-0.3, -0.25) is 0 Å². The van der Waals surface area contributed by atoms with Crippen molar-refractivity contribution in [3.05, 3.63) is 94.2 Å². The molecule has 0 N–H and O–H groups in total. The average molecular weight is 606 g/mol. The van der Waals surface area contributed by atoms with Gasteiger partial charge >= 0.3 is 0 Å². The van der Waals surface area contributed by atoms with Crippen LogP contribution in [0.1, 0.15) is 13.8 Å². The van der Waals surface area contributed by atoms with E-state index in [1.165, 1.54) is 43.6 Å². The van der Waals surface area contributed by atoms with Crippen molar-refractivity contribution in [2.24, 2.45) is 0 Å². The predicted octanol–water partition coefficient (Wildman–Crippen LogP) is 3.79. The molecule has 0 saturated carbocycles. The molecule has 2 atom stereocenters. The monoisotopic (exact) mass is 604 g/mol. The molecule has 2 aromatic rings. The molecule has 4 nitrogen and oxygen atoms in total. The fraction of sp³-hybridized carbons (Fsp3) is 0.200. The molecule has 6 aliphatic rings. The fourth-order valence-electron chi connectivity index (χ4n) is 5.97. The maximum absolute atomic E-state index is 2.40. The lowest BCUT2D eigenvalue weighted by molar-refractivity contribution is 0.672. The van der Waals surface area contributed by atoms with Gasteiger partial charge in [-0.25, -0.2) is 0 Å². The van der Waals surface area contributed by atoms with E-state index >= 15 is 0 Å². The number of hydrogen-bond donors (Lipinski definition) is 0. The van der Waals surface area contributed by atoms with E-state index in [-0.39, 0.29) is 34.0 Å². The minimum atomic E-state index is 0. The number of nitrogens with zero attached hydrogens (tertiary/aromatic N) is 4. The molecule has 6 aliphatic heterocycles. The van der Waals surface area contributed by atoms with Crippen molar-refractivity contribution in [3.63, 3.8) is 0 Å². The fourth-order valence-corrected chi connectivity index (χ4v) is 5.97. The van der Waals surface area contributed by atoms with Gasteiger partial charge in [0.25, 0.3) is 0 Å². The zero-order chi connectivity index (χ0) is 22.8. The van der Waals surface area contributed by atoms with Crippen molar-refractivity contribution in [3.8, 4) is 0 Å². The van der Waals surface area contributed by atoms with Crippen LogP contribution in [-0.4, -0.2) is 25.2 Å². The number of benzene rings is 2. The van der Waals surface area contributed by atoms with Gasteiger partial charge in [-0.05, 0) is 38.2 Å². The molecule has 2 unspecified atom stereocenters. The van der Waals surface area contributed by atoms with Gasteiger partial charge in [0.2, 0.25) is 0 Å². The number of rotatable bonds is 0. The van der Waals surface area contributed by atoms with Gasteiger partial charge in [0.15, 0.2) is 0 Å². The molecule has 184 valence electrons. The molecule has 6 heterocycles. The maximum Gasteiger partial charge on any atom is 0.0730 e. The Morgan fingerprint density at radius 3 is 1.22 bits per heavy atom. The van der Waals surface area contributed by atoms with Crippen molar-refractivity contribution < 1.29 is 0 Å². The zero-order valence-electron chi connectivity index (χ0n) is 20.4. The summed E-state index contributed by atoms with van der Waals surface area (Å²) in [6, 6.07) is 9.91. The molecule has 0 amide bonds. The largest absolute Gasteiger partial charge is 0.344 e. The van der Waals surface area contributed by atoms with Crippen LogP contribution in [0.3, 0.4) is 0 Å². The Kier molecular flexibility index (Phi) is 6.52. The van der Waals surface area contributed by atoms with E-state index in [4.69, 9.17) is 0 Å². The topological polar surface area (TPSA) is 13.0 Å². The average Bonchev–Trinajstić information content (AvgIpc) is 2.87. The smallest absolute Gasteiger partial charge is 0.0730 e. The number of allylic oxidation sites excluding steroid dienone is 4. The molecular formula is C30H30Br2N4. The minimum absolute atomic E-state index is 0. The highest BCUT2D eigenvalue weighted by Gasteiger charge is 2.30. The normalized spacial score (nSPS) is 21.7. The molecule has 0 spiro atoms. The van der Waals surface area contributed by atoms with Gasteiger partial charge in [-0.15, -0.1) is 34.0 Å². The molecular weight excluding hydrogens is 576 g/mol. The Hall–Kier alpha value is -2.96. The Bertz CT molecular complexity index is 1460. The third-order valence-electron chi connectivity index (χ3n) is 7.52. The molecule has 0 saturated heterocycles. The Labute approximate surface area is 233 Å². The molecule has 0 aromatic heterocycles. The second-order valence-corrected chi connectivity index (χ2v) is 9.73. The highest BCUT2D eigenvalue weighted by molar-refractivity contribution is 8.93. The predicted molar refractivity (Wildman–Crippen MR) is 165 cm³/mol. The Morgan fingerprint density at radius 1 is 0.500 bits per heavy atom. The van der Waals surface area contributed by atoms with Crippen LogP contribution in [0.5, 0.6) is 0 Å². The summed E-state index contributed by atoms with van der Waals surface area (Å²) in [7, 11) is 0. The van der Waals surface area contributed by atoms with Crippen molar-refractivity contribution >= 4 is 81.0 Å². The minimum Gasteiger partial charge on any atom is -0.344 e. The SMILES string of the molecule is Br.Br.CC1CN2C=CC=c3ccc4c(c32)N1C=CC=4.CC1CN2C=CC=c3ccc4c(c32)N1C=CC=4. The standard InChI is InChI=1S/2C15H14N2.2BrH/c2*1-11-10-16-8-2-4-12-6-7-13-5-3-9-17(11)15(13)14(12)16;;/h2*2-9,11H,10H2,1H3;2*1H. The summed E-state index contributed by atoms with van der Waals surface area (Å²) in [6.45, 7) is 6.67. The summed E-state index contributed by atoms with van der Waals surface area (Å²) in [6.07, 6.45) is 26.1. The van der Waals surface area contributed by atoms with Gasteiger partial charge in [0.1, 0.15) is 0 Å². The van der Waals surface area contributed by atoms with Crippen molar-refractivity contribution in [1.82, 2.24) is 0 Å². The Balaban J connectivity index is 0.000000140. The third kappa shape index (κ3) is 3.70. The van der Waals surface area contributed by atoms with Gasteiger partial charge in [0.05, 0.1) is 22.7 Å². The van der Waals surface area contributed by atoms with Gasteiger partial charge in [-0.2, -0.15) is 0 Å². The van der Waals surface area contributed by atoms with E-state index in [9.17, 15) is 0 Å². The van der Waals surface area contributed by atoms with Crippen LogP contribution in [0.25, 0.3) is 24.3 Å². The lowest BCUT2D eigenvalue weighted by Crippen LogP contribution is -2.48. The molecule has 2 aromatic carbocycles. The van der Waals surface area contributed by atoms with E-state index in [1.54, 1.807) is 0 Å². The van der Waals surface area contributed by atoms with Gasteiger partial charge in [0, 0.05) is 70.8 Å². The van der Waals surface area contributed by atoms with E-state index < -0.39 is 0 Å². The van der Waals surface area contributed by atoms with Crippen LogP contribution in [0.4, 0.5) is 22.7 Å². The van der Waals surface area contributed by atoms with Crippen molar-refractivity contribution in [2.45, 2.75) is 25.9 Å². The second kappa shape index (κ2) is 9.49. The van der Waals surface area contributed by atoms with Crippen LogP contribution in [0.2, 0.25) is 0 Å². The van der Waals surface area contributed by atoms with E-state index in [0.29, 0.717) is 12.1 Å². The first-order valence-corrected chi connectivity index (χ1v) is 12.2. The summed E-state index contributed by atoms with van der Waals surface area (Å²) in [4.78, 5) is 9.56. The first-order chi connectivity index (χ1) is 16.7. The summed E-state index contributed by atoms with van der Waals surface area (Å²) in [5.41, 5.74) is 5.46. The van der Waals surface area contributed by atoms with Gasteiger partial charge in [-0.1, -0.05) is 48.6 Å². The summed E-state index contributed by atoms with van der Waals surface area (Å²) < 4.78 is 0. The molecule has 8 rings (SSSR count). The molecule has 0 fully saturated rings. The number of hydrogen-bond acceptors (Lipinski definition) is 4. The van der Waals surface area contributed by atoms with Crippen LogP contribution in [0, 0.1) is 0 Å². The van der Waals surface area contributed by atoms with Crippen LogP contribution < -0.4 is 40.5 Å². The molecule has 0 aliphatic carbocycles. The maximum atomic E-state index is 2.40. The van der Waals surface area contributed by atoms with E-state index in [2.05, 4.69) is 131 Å². The van der Waals surface area contributed by atoms with Gasteiger partial charge < -0.3 is 19.6 Å². The highest BCUT2D eigenvalue weighted by Crippen LogP contribution is 2.33. The first kappa shape index (κ1) is 24.7. The van der Waals surface area contributed by atoms with E-state index in [0.717, 1.165) is 13.1 Å². The summed E-state index contributed by atoms with van der Waals surface area (Å²) in [5.74, 6) is 0. The Morgan fingerprint density at radius 2 is 0.833 bits per heavy atom. The highest BCUT2D eigenvalue weighted by atomic mass is 79.9. The second-order valence-electron chi connectivity index (χ2n) is 9.73. The summed E-state index contributed by atoms with van der Waals surface area (Å²) >= 11 is 0. The first-order valence-electron chi connectivity index (χ1n) is 12.2. The molecule has 6 heteroatoms. The molecule has 0 radical (unpaired) electrons. The lowest BCUT2D eigenvalue weighted by atomic mass is 10.0.